The molecule has 1 aromatic heterocycles. The predicted molar refractivity (Wildman–Crippen MR) is 59.8 cm³/mol. The molecule has 2 rings (SSSR count). The van der Waals surface area contributed by atoms with E-state index in [9.17, 15) is 0 Å². The lowest BCUT2D eigenvalue weighted by atomic mass is 10.0. The molecule has 0 atom stereocenters. The van der Waals surface area contributed by atoms with Crippen LogP contribution >= 0.6 is 23.4 Å². The summed E-state index contributed by atoms with van der Waals surface area (Å²) in [5, 5.41) is 2.13. The van der Waals surface area contributed by atoms with Crippen molar-refractivity contribution in [1.82, 2.24) is 9.97 Å². The van der Waals surface area contributed by atoms with Crippen molar-refractivity contribution in [2.24, 2.45) is 0 Å². The Morgan fingerprint density at radius 3 is 2.57 bits per heavy atom. The first-order chi connectivity index (χ1) is 6.86. The third-order valence-corrected chi connectivity index (χ3v) is 4.17. The van der Waals surface area contributed by atoms with Gasteiger partial charge in [0, 0.05) is 17.6 Å². The van der Waals surface area contributed by atoms with Gasteiger partial charge in [-0.2, -0.15) is 0 Å². The molecule has 0 aliphatic heterocycles. The minimum atomic E-state index is 0.545. The lowest BCUT2D eigenvalue weighted by Crippen LogP contribution is -2.08. The first kappa shape index (κ1) is 10.2. The van der Waals surface area contributed by atoms with E-state index in [2.05, 4.69) is 9.97 Å². The molecule has 1 aromatic rings. The van der Waals surface area contributed by atoms with Crippen LogP contribution in [-0.4, -0.2) is 15.2 Å². The number of nitrogens with zero attached hydrogens (tertiary/aromatic N) is 2. The molecule has 1 heterocycles. The van der Waals surface area contributed by atoms with E-state index < -0.39 is 0 Å². The van der Waals surface area contributed by atoms with Crippen LogP contribution in [0.15, 0.2) is 17.4 Å². The van der Waals surface area contributed by atoms with E-state index in [1.165, 1.54) is 32.1 Å². The number of hydrogen-bond acceptors (Lipinski definition) is 3. The zero-order chi connectivity index (χ0) is 9.80. The molecule has 0 bridgehead atoms. The van der Waals surface area contributed by atoms with Gasteiger partial charge in [0.25, 0.3) is 0 Å². The van der Waals surface area contributed by atoms with Crippen molar-refractivity contribution in [3.8, 4) is 0 Å². The number of hydrogen-bond donors (Lipinski definition) is 0. The van der Waals surface area contributed by atoms with Crippen LogP contribution in [-0.2, 0) is 0 Å². The molecule has 1 fully saturated rings. The quantitative estimate of drug-likeness (QED) is 0.774. The fourth-order valence-electron chi connectivity index (χ4n) is 1.73. The highest BCUT2D eigenvalue weighted by Gasteiger charge is 2.16. The van der Waals surface area contributed by atoms with Gasteiger partial charge in [-0.05, 0) is 12.8 Å². The van der Waals surface area contributed by atoms with Crippen LogP contribution in [0.4, 0.5) is 0 Å². The summed E-state index contributed by atoms with van der Waals surface area (Å²) in [6.45, 7) is 0. The van der Waals surface area contributed by atoms with E-state index in [0.717, 1.165) is 5.03 Å². The van der Waals surface area contributed by atoms with Crippen molar-refractivity contribution in [2.75, 3.05) is 0 Å². The summed E-state index contributed by atoms with van der Waals surface area (Å²) in [5.41, 5.74) is 0. The van der Waals surface area contributed by atoms with Gasteiger partial charge >= 0.3 is 0 Å². The highest BCUT2D eigenvalue weighted by atomic mass is 35.5. The first-order valence-corrected chi connectivity index (χ1v) is 6.25. The highest BCUT2D eigenvalue weighted by Crippen LogP contribution is 2.34. The second kappa shape index (κ2) is 4.99. The van der Waals surface area contributed by atoms with Crippen molar-refractivity contribution in [1.29, 1.82) is 0 Å². The predicted octanol–water partition coefficient (Wildman–Crippen LogP) is 3.55. The zero-order valence-corrected chi connectivity index (χ0v) is 9.52. The summed E-state index contributed by atoms with van der Waals surface area (Å²) in [4.78, 5) is 8.27. The summed E-state index contributed by atoms with van der Waals surface area (Å²) in [7, 11) is 0. The maximum atomic E-state index is 5.95. The molecule has 0 amide bonds. The molecular weight excluding hydrogens is 216 g/mol. The maximum Gasteiger partial charge on any atom is 0.161 e. The lowest BCUT2D eigenvalue weighted by Gasteiger charge is -2.20. The number of halogens is 1. The van der Waals surface area contributed by atoms with Gasteiger partial charge in [-0.1, -0.05) is 42.6 Å². The van der Waals surface area contributed by atoms with Crippen LogP contribution in [0.3, 0.4) is 0 Å². The summed E-state index contributed by atoms with van der Waals surface area (Å²) >= 11 is 7.73. The molecule has 1 aliphatic carbocycles. The SMILES string of the molecule is Clc1nccnc1SC1CCCCC1. The topological polar surface area (TPSA) is 25.8 Å². The standard InChI is InChI=1S/C10H13ClN2S/c11-9-10(13-7-6-12-9)14-8-4-2-1-3-5-8/h6-8H,1-5H2. The molecule has 4 heteroatoms. The number of thioether (sulfide) groups is 1. The Hall–Kier alpha value is -0.280. The normalized spacial score (nSPS) is 18.4. The highest BCUT2D eigenvalue weighted by molar-refractivity contribution is 8.00. The van der Waals surface area contributed by atoms with E-state index in [1.54, 1.807) is 24.2 Å². The Kier molecular flexibility index (Phi) is 3.65. The average molecular weight is 229 g/mol. The van der Waals surface area contributed by atoms with Gasteiger partial charge in [0.05, 0.1) is 0 Å². The minimum Gasteiger partial charge on any atom is -0.245 e. The van der Waals surface area contributed by atoms with Crippen molar-refractivity contribution >= 4 is 23.4 Å². The molecule has 0 spiro atoms. The summed E-state index contributed by atoms with van der Waals surface area (Å²) < 4.78 is 0. The Morgan fingerprint density at radius 1 is 1.14 bits per heavy atom. The van der Waals surface area contributed by atoms with Crippen molar-refractivity contribution in [2.45, 2.75) is 42.4 Å². The van der Waals surface area contributed by atoms with E-state index in [4.69, 9.17) is 11.6 Å². The van der Waals surface area contributed by atoms with Crippen molar-refractivity contribution in [3.63, 3.8) is 0 Å². The minimum absolute atomic E-state index is 0.545. The summed E-state index contributed by atoms with van der Waals surface area (Å²) in [6.07, 6.45) is 9.98. The lowest BCUT2D eigenvalue weighted by molar-refractivity contribution is 0.515. The number of aromatic nitrogens is 2. The molecular formula is C10H13ClN2S. The Balaban J connectivity index is 1.99. The van der Waals surface area contributed by atoms with Crippen LogP contribution in [0.25, 0.3) is 0 Å². The Morgan fingerprint density at radius 2 is 1.86 bits per heavy atom. The molecule has 1 aliphatic rings. The zero-order valence-electron chi connectivity index (χ0n) is 7.95. The van der Waals surface area contributed by atoms with Gasteiger partial charge in [-0.3, -0.25) is 0 Å². The summed E-state index contributed by atoms with van der Waals surface area (Å²) in [5.74, 6) is 0. The molecule has 0 saturated heterocycles. The van der Waals surface area contributed by atoms with E-state index in [0.29, 0.717) is 10.4 Å². The van der Waals surface area contributed by atoms with Gasteiger partial charge in [0.15, 0.2) is 5.15 Å². The third kappa shape index (κ3) is 2.61. The van der Waals surface area contributed by atoms with Crippen LogP contribution in [0.1, 0.15) is 32.1 Å². The largest absolute Gasteiger partial charge is 0.245 e. The molecule has 1 saturated carbocycles. The van der Waals surface area contributed by atoms with E-state index >= 15 is 0 Å². The van der Waals surface area contributed by atoms with E-state index in [-0.39, 0.29) is 0 Å². The molecule has 0 N–H and O–H groups in total. The van der Waals surface area contributed by atoms with Gasteiger partial charge in [0.2, 0.25) is 0 Å². The fraction of sp³-hybridized carbons (Fsp3) is 0.600. The molecule has 2 nitrogen and oxygen atoms in total. The number of rotatable bonds is 2. The Labute approximate surface area is 93.5 Å². The molecule has 14 heavy (non-hydrogen) atoms. The smallest absolute Gasteiger partial charge is 0.161 e. The molecule has 0 unspecified atom stereocenters. The fourth-order valence-corrected chi connectivity index (χ4v) is 3.12. The van der Waals surface area contributed by atoms with Gasteiger partial charge in [-0.25, -0.2) is 9.97 Å². The van der Waals surface area contributed by atoms with E-state index in [1.807, 2.05) is 0 Å². The molecule has 0 aromatic carbocycles. The Bertz CT molecular complexity index is 300. The van der Waals surface area contributed by atoms with Crippen LogP contribution in [0.5, 0.6) is 0 Å². The van der Waals surface area contributed by atoms with Crippen LogP contribution < -0.4 is 0 Å². The van der Waals surface area contributed by atoms with Gasteiger partial charge < -0.3 is 0 Å². The monoisotopic (exact) mass is 228 g/mol. The van der Waals surface area contributed by atoms with Gasteiger partial charge in [-0.15, -0.1) is 0 Å². The van der Waals surface area contributed by atoms with Crippen molar-refractivity contribution in [3.05, 3.63) is 17.5 Å². The second-order valence-corrected chi connectivity index (χ2v) is 5.18. The molecule has 76 valence electrons. The van der Waals surface area contributed by atoms with Gasteiger partial charge in [0.1, 0.15) is 5.03 Å². The second-order valence-electron chi connectivity index (χ2n) is 3.53. The summed E-state index contributed by atoms with van der Waals surface area (Å²) in [6, 6.07) is 0. The van der Waals surface area contributed by atoms with Crippen LogP contribution in [0, 0.1) is 0 Å². The van der Waals surface area contributed by atoms with Crippen LogP contribution in [0.2, 0.25) is 5.15 Å². The van der Waals surface area contributed by atoms with Crippen molar-refractivity contribution < 1.29 is 0 Å². The third-order valence-electron chi connectivity index (χ3n) is 2.45. The average Bonchev–Trinajstić information content (AvgIpc) is 2.23. The maximum absolute atomic E-state index is 5.95. The molecule has 0 radical (unpaired) electrons. The first-order valence-electron chi connectivity index (χ1n) is 4.99.